The van der Waals surface area contributed by atoms with Crippen molar-refractivity contribution in [3.8, 4) is 0 Å². The Morgan fingerprint density at radius 2 is 2.00 bits per heavy atom. The van der Waals surface area contributed by atoms with Crippen LogP contribution < -0.4 is 0 Å². The largest absolute Gasteiger partial charge is 0.223 e. The van der Waals surface area contributed by atoms with E-state index >= 15 is 0 Å². The third-order valence-corrected chi connectivity index (χ3v) is 5.15. The maximum atomic E-state index is 11.5. The number of hydrogen-bond donors (Lipinski definition) is 0. The maximum Gasteiger partial charge on any atom is 0.182 e. The van der Waals surface area contributed by atoms with Gasteiger partial charge < -0.3 is 0 Å². The maximum absolute atomic E-state index is 11.5. The van der Waals surface area contributed by atoms with E-state index in [0.717, 1.165) is 0 Å². The fraction of sp³-hybridized carbons (Fsp3) is 0.429. The van der Waals surface area contributed by atoms with Gasteiger partial charge in [0.25, 0.3) is 0 Å². The van der Waals surface area contributed by atoms with Gasteiger partial charge in [-0.15, -0.1) is 11.3 Å². The molecule has 1 aromatic heterocycles. The minimum atomic E-state index is -3.19. The third kappa shape index (κ3) is 1.65. The Hall–Kier alpha value is -0.0600. The second-order valence-corrected chi connectivity index (χ2v) is 6.30. The number of thiophene rings is 1. The molecular formula is C7H9ClO2S2. The molecule has 0 radical (unpaired) electrons. The van der Waals surface area contributed by atoms with Gasteiger partial charge >= 0.3 is 0 Å². The molecule has 0 bridgehead atoms. The van der Waals surface area contributed by atoms with E-state index in [0.29, 0.717) is 5.02 Å². The first-order valence-corrected chi connectivity index (χ1v) is 6.28. The number of halogens is 1. The lowest BCUT2D eigenvalue weighted by Gasteiger charge is -2.05. The molecule has 68 valence electrons. The highest BCUT2D eigenvalue weighted by Gasteiger charge is 2.22. The molecule has 0 aromatic carbocycles. The molecule has 0 atom stereocenters. The zero-order chi connectivity index (χ0) is 9.35. The van der Waals surface area contributed by atoms with Crippen LogP contribution in [0.5, 0.6) is 0 Å². The second kappa shape index (κ2) is 3.36. The molecular weight excluding hydrogens is 216 g/mol. The van der Waals surface area contributed by atoms with Crippen LogP contribution in [0.25, 0.3) is 0 Å². The standard InChI is InChI=1S/C7H9ClO2S2/c1-5(2)12(9,10)7-4-11-3-6(7)8/h3-5H,1-2H3. The van der Waals surface area contributed by atoms with Crippen molar-refractivity contribution in [1.29, 1.82) is 0 Å². The van der Waals surface area contributed by atoms with Crippen molar-refractivity contribution in [3.05, 3.63) is 15.8 Å². The van der Waals surface area contributed by atoms with Crippen molar-refractivity contribution in [3.63, 3.8) is 0 Å². The summed E-state index contributed by atoms with van der Waals surface area (Å²) in [7, 11) is -3.19. The summed E-state index contributed by atoms with van der Waals surface area (Å²) >= 11 is 7.00. The van der Waals surface area contributed by atoms with Crippen molar-refractivity contribution in [2.75, 3.05) is 0 Å². The molecule has 1 rings (SSSR count). The molecule has 0 amide bonds. The molecule has 12 heavy (non-hydrogen) atoms. The number of hydrogen-bond acceptors (Lipinski definition) is 3. The first-order valence-electron chi connectivity index (χ1n) is 3.42. The lowest BCUT2D eigenvalue weighted by atomic mass is 10.6. The van der Waals surface area contributed by atoms with Crippen molar-refractivity contribution in [2.24, 2.45) is 0 Å². The molecule has 0 aliphatic carbocycles. The minimum absolute atomic E-state index is 0.254. The van der Waals surface area contributed by atoms with Crippen LogP contribution in [0.15, 0.2) is 15.7 Å². The highest BCUT2D eigenvalue weighted by atomic mass is 35.5. The monoisotopic (exact) mass is 224 g/mol. The molecule has 0 aliphatic heterocycles. The summed E-state index contributed by atoms with van der Waals surface area (Å²) in [5.41, 5.74) is 0. The van der Waals surface area contributed by atoms with Crippen LogP contribution in [0.1, 0.15) is 13.8 Å². The van der Waals surface area contributed by atoms with Gasteiger partial charge in [0.15, 0.2) is 9.84 Å². The molecule has 2 nitrogen and oxygen atoms in total. The highest BCUT2D eigenvalue weighted by molar-refractivity contribution is 7.92. The van der Waals surface area contributed by atoms with Crippen molar-refractivity contribution in [2.45, 2.75) is 24.0 Å². The van der Waals surface area contributed by atoms with Gasteiger partial charge in [-0.3, -0.25) is 0 Å². The van der Waals surface area contributed by atoms with Crippen LogP contribution in [-0.4, -0.2) is 13.7 Å². The fourth-order valence-electron chi connectivity index (χ4n) is 0.727. The van der Waals surface area contributed by atoms with E-state index in [1.54, 1.807) is 24.6 Å². The van der Waals surface area contributed by atoms with Crippen molar-refractivity contribution < 1.29 is 8.42 Å². The number of rotatable bonds is 2. The Labute approximate surface area is 81.1 Å². The topological polar surface area (TPSA) is 34.1 Å². The zero-order valence-corrected chi connectivity index (χ0v) is 9.13. The lowest BCUT2D eigenvalue weighted by molar-refractivity contribution is 0.588. The van der Waals surface area contributed by atoms with Crippen molar-refractivity contribution in [1.82, 2.24) is 0 Å². The van der Waals surface area contributed by atoms with Crippen LogP contribution in [0.4, 0.5) is 0 Å². The van der Waals surface area contributed by atoms with E-state index in [4.69, 9.17) is 11.6 Å². The molecule has 5 heteroatoms. The van der Waals surface area contributed by atoms with Crippen LogP contribution in [-0.2, 0) is 9.84 Å². The van der Waals surface area contributed by atoms with E-state index in [-0.39, 0.29) is 4.90 Å². The lowest BCUT2D eigenvalue weighted by Crippen LogP contribution is -2.13. The Balaban J connectivity index is 3.24. The Morgan fingerprint density at radius 1 is 1.42 bits per heavy atom. The van der Waals surface area contributed by atoms with Crippen LogP contribution >= 0.6 is 22.9 Å². The molecule has 0 N–H and O–H groups in total. The van der Waals surface area contributed by atoms with Gasteiger partial charge in [0.2, 0.25) is 0 Å². The predicted molar refractivity (Wildman–Crippen MR) is 51.7 cm³/mol. The normalized spacial score (nSPS) is 12.3. The molecule has 1 aromatic rings. The van der Waals surface area contributed by atoms with E-state index in [9.17, 15) is 8.42 Å². The molecule has 0 saturated heterocycles. The van der Waals surface area contributed by atoms with Gasteiger partial charge in [-0.2, -0.15) is 0 Å². The van der Waals surface area contributed by atoms with Crippen LogP contribution in [0.2, 0.25) is 5.02 Å². The number of sulfone groups is 1. The molecule has 1 heterocycles. The van der Waals surface area contributed by atoms with Gasteiger partial charge in [0.05, 0.1) is 15.2 Å². The molecule has 0 spiro atoms. The van der Waals surface area contributed by atoms with Gasteiger partial charge in [-0.1, -0.05) is 11.6 Å². The summed E-state index contributed by atoms with van der Waals surface area (Å²) in [4.78, 5) is 0.254. The molecule has 0 fully saturated rings. The van der Waals surface area contributed by atoms with Gasteiger partial charge in [0.1, 0.15) is 0 Å². The molecule has 0 aliphatic rings. The van der Waals surface area contributed by atoms with E-state index < -0.39 is 15.1 Å². The first kappa shape index (κ1) is 10.0. The van der Waals surface area contributed by atoms with Gasteiger partial charge in [-0.05, 0) is 13.8 Å². The first-order chi connectivity index (χ1) is 5.46. The van der Waals surface area contributed by atoms with Crippen LogP contribution in [0, 0.1) is 0 Å². The summed E-state index contributed by atoms with van der Waals surface area (Å²) in [6.07, 6.45) is 0. The predicted octanol–water partition coefficient (Wildman–Crippen LogP) is 2.58. The van der Waals surface area contributed by atoms with Crippen LogP contribution in [0.3, 0.4) is 0 Å². The van der Waals surface area contributed by atoms with Gasteiger partial charge in [0, 0.05) is 10.8 Å². The SMILES string of the molecule is CC(C)S(=O)(=O)c1cscc1Cl. The summed E-state index contributed by atoms with van der Waals surface area (Å²) in [6, 6.07) is 0. The molecule has 0 unspecified atom stereocenters. The van der Waals surface area contributed by atoms with E-state index in [1.807, 2.05) is 0 Å². The highest BCUT2D eigenvalue weighted by Crippen LogP contribution is 2.28. The Morgan fingerprint density at radius 3 is 2.33 bits per heavy atom. The summed E-state index contributed by atoms with van der Waals surface area (Å²) in [5, 5.41) is 3.10. The van der Waals surface area contributed by atoms with E-state index in [1.165, 1.54) is 11.3 Å². The Bertz CT molecular complexity index is 365. The fourth-order valence-corrected chi connectivity index (χ4v) is 3.50. The quantitative estimate of drug-likeness (QED) is 0.774. The second-order valence-electron chi connectivity index (χ2n) is 2.68. The average molecular weight is 225 g/mol. The minimum Gasteiger partial charge on any atom is -0.223 e. The zero-order valence-electron chi connectivity index (χ0n) is 6.74. The average Bonchev–Trinajstić information content (AvgIpc) is 2.35. The summed E-state index contributed by atoms with van der Waals surface area (Å²) in [6.45, 7) is 3.28. The third-order valence-electron chi connectivity index (χ3n) is 1.51. The summed E-state index contributed by atoms with van der Waals surface area (Å²) in [5.74, 6) is 0. The van der Waals surface area contributed by atoms with E-state index in [2.05, 4.69) is 0 Å². The van der Waals surface area contributed by atoms with Gasteiger partial charge in [-0.25, -0.2) is 8.42 Å². The Kier molecular flexibility index (Phi) is 2.81. The molecule has 0 saturated carbocycles. The summed E-state index contributed by atoms with van der Waals surface area (Å²) < 4.78 is 23.1. The van der Waals surface area contributed by atoms with Crippen molar-refractivity contribution >= 4 is 32.8 Å². The smallest absolute Gasteiger partial charge is 0.182 e.